The number of hydrogen-bond acceptors (Lipinski definition) is 4. The molecule has 184 valence electrons. The molecule has 0 spiro atoms. The van der Waals surface area contributed by atoms with Crippen molar-refractivity contribution < 1.29 is 24.2 Å². The molecule has 1 saturated carbocycles. The van der Waals surface area contributed by atoms with E-state index in [-0.39, 0.29) is 30.9 Å². The van der Waals surface area contributed by atoms with E-state index in [1.165, 1.54) is 6.42 Å². The molecular weight excluding hydrogens is 442 g/mol. The molecule has 1 amide bonds. The molecule has 1 unspecified atom stereocenters. The predicted molar refractivity (Wildman–Crippen MR) is 136 cm³/mol. The summed E-state index contributed by atoms with van der Waals surface area (Å²) in [7, 11) is 1.60. The number of aryl methyl sites for hydroxylation is 1. The second-order valence-corrected chi connectivity index (χ2v) is 9.33. The zero-order chi connectivity index (χ0) is 24.8. The third-order valence-corrected chi connectivity index (χ3v) is 6.82. The molecule has 0 bridgehead atoms. The number of fused-ring (bicyclic) bond motifs is 1. The second kappa shape index (κ2) is 11.3. The molecule has 1 aliphatic rings. The number of carboxylic acids is 1. The number of carbonyl (C=O) groups excluding carboxylic acids is 1. The smallest absolute Gasteiger partial charge is 0.304 e. The number of amides is 1. The van der Waals surface area contributed by atoms with Crippen LogP contribution in [0.4, 0.5) is 0 Å². The van der Waals surface area contributed by atoms with Crippen LogP contribution in [-0.4, -0.2) is 36.7 Å². The van der Waals surface area contributed by atoms with E-state index in [0.717, 1.165) is 53.1 Å². The van der Waals surface area contributed by atoms with E-state index in [1.807, 2.05) is 61.5 Å². The monoisotopic (exact) mass is 475 g/mol. The quantitative estimate of drug-likeness (QED) is 0.421. The van der Waals surface area contributed by atoms with E-state index in [9.17, 15) is 14.7 Å². The lowest BCUT2D eigenvalue weighted by Gasteiger charge is -2.22. The van der Waals surface area contributed by atoms with Gasteiger partial charge < -0.3 is 19.9 Å². The van der Waals surface area contributed by atoms with Crippen LogP contribution in [0, 0.1) is 6.92 Å². The van der Waals surface area contributed by atoms with Gasteiger partial charge in [-0.05, 0) is 71.5 Å². The molecule has 0 aliphatic heterocycles. The Balaban J connectivity index is 1.55. The Labute approximate surface area is 206 Å². The molecule has 4 rings (SSSR count). The maximum atomic E-state index is 12.3. The van der Waals surface area contributed by atoms with Crippen molar-refractivity contribution in [1.82, 2.24) is 5.32 Å². The average molecular weight is 476 g/mol. The van der Waals surface area contributed by atoms with Crippen LogP contribution in [0.2, 0.25) is 0 Å². The predicted octanol–water partition coefficient (Wildman–Crippen LogP) is 5.59. The number of benzene rings is 3. The number of aliphatic carboxylic acids is 1. The largest absolute Gasteiger partial charge is 0.497 e. The molecule has 0 saturated heterocycles. The van der Waals surface area contributed by atoms with Crippen LogP contribution in [0.3, 0.4) is 0 Å². The van der Waals surface area contributed by atoms with Gasteiger partial charge in [0.1, 0.15) is 11.5 Å². The van der Waals surface area contributed by atoms with Crippen molar-refractivity contribution in [1.29, 1.82) is 0 Å². The fourth-order valence-electron chi connectivity index (χ4n) is 4.92. The number of ether oxygens (including phenoxy) is 2. The number of nitrogens with one attached hydrogen (secondary N) is 1. The van der Waals surface area contributed by atoms with Gasteiger partial charge in [-0.3, -0.25) is 9.59 Å². The van der Waals surface area contributed by atoms with Crippen molar-refractivity contribution in [2.24, 2.45) is 0 Å². The topological polar surface area (TPSA) is 84.9 Å². The van der Waals surface area contributed by atoms with Gasteiger partial charge in [-0.1, -0.05) is 49.6 Å². The number of methoxy groups -OCH3 is 1. The van der Waals surface area contributed by atoms with Crippen LogP contribution in [-0.2, 0) is 9.59 Å². The highest BCUT2D eigenvalue weighted by Crippen LogP contribution is 2.35. The normalized spacial score (nSPS) is 14.9. The van der Waals surface area contributed by atoms with Gasteiger partial charge in [-0.15, -0.1) is 0 Å². The van der Waals surface area contributed by atoms with Crippen molar-refractivity contribution in [3.8, 4) is 11.5 Å². The van der Waals surface area contributed by atoms with Gasteiger partial charge in [-0.2, -0.15) is 0 Å². The summed E-state index contributed by atoms with van der Waals surface area (Å²) >= 11 is 0. The first-order chi connectivity index (χ1) is 16.9. The zero-order valence-electron chi connectivity index (χ0n) is 20.4. The summed E-state index contributed by atoms with van der Waals surface area (Å²) in [5, 5.41) is 14.7. The van der Waals surface area contributed by atoms with Gasteiger partial charge in [0.2, 0.25) is 0 Å². The molecule has 0 radical (unpaired) electrons. The van der Waals surface area contributed by atoms with Crippen molar-refractivity contribution in [2.45, 2.75) is 57.4 Å². The van der Waals surface area contributed by atoms with Gasteiger partial charge in [0.25, 0.3) is 5.91 Å². The number of hydrogen-bond donors (Lipinski definition) is 2. The van der Waals surface area contributed by atoms with Crippen LogP contribution >= 0.6 is 0 Å². The lowest BCUT2D eigenvalue weighted by molar-refractivity contribution is -0.137. The van der Waals surface area contributed by atoms with E-state index in [4.69, 9.17) is 9.47 Å². The van der Waals surface area contributed by atoms with Crippen molar-refractivity contribution in [2.75, 3.05) is 13.7 Å². The van der Waals surface area contributed by atoms with Gasteiger partial charge in [0, 0.05) is 12.0 Å². The van der Waals surface area contributed by atoms with E-state index in [2.05, 4.69) is 5.32 Å². The molecule has 1 atom stereocenters. The molecule has 35 heavy (non-hydrogen) atoms. The highest BCUT2D eigenvalue weighted by atomic mass is 16.5. The Kier molecular flexibility index (Phi) is 7.91. The summed E-state index contributed by atoms with van der Waals surface area (Å²) in [6.45, 7) is 1.96. The van der Waals surface area contributed by atoms with Crippen LogP contribution in [0.1, 0.15) is 61.1 Å². The first-order valence-corrected chi connectivity index (χ1v) is 12.2. The molecular formula is C29H33NO5. The van der Waals surface area contributed by atoms with Gasteiger partial charge in [0.05, 0.1) is 13.5 Å². The van der Waals surface area contributed by atoms with Crippen LogP contribution in [0.15, 0.2) is 54.6 Å². The highest BCUT2D eigenvalue weighted by molar-refractivity contribution is 5.85. The van der Waals surface area contributed by atoms with Crippen LogP contribution in [0.5, 0.6) is 11.5 Å². The van der Waals surface area contributed by atoms with E-state index in [1.54, 1.807) is 7.11 Å². The molecule has 6 nitrogen and oxygen atoms in total. The summed E-state index contributed by atoms with van der Waals surface area (Å²) in [5.74, 6) is 0.0294. The van der Waals surface area contributed by atoms with Crippen LogP contribution in [0.25, 0.3) is 10.8 Å². The molecule has 6 heteroatoms. The van der Waals surface area contributed by atoms with E-state index < -0.39 is 5.97 Å². The molecule has 3 aromatic rings. The minimum Gasteiger partial charge on any atom is -0.497 e. The number of carbonyl (C=O) groups is 2. The van der Waals surface area contributed by atoms with Gasteiger partial charge >= 0.3 is 5.97 Å². The molecule has 3 aromatic carbocycles. The van der Waals surface area contributed by atoms with Crippen molar-refractivity contribution in [3.63, 3.8) is 0 Å². The SMILES string of the molecule is COc1ccc(C)c(C(CC(=O)O)c2ccc3ccc(OCC(=O)NC4CCCCC4)cc3c2)c1. The average Bonchev–Trinajstić information content (AvgIpc) is 2.86. The van der Waals surface area contributed by atoms with Gasteiger partial charge in [0.15, 0.2) is 6.61 Å². The first kappa shape index (κ1) is 24.6. The standard InChI is InChI=1S/C29H33NO5/c1-19-8-12-24(34-2)16-26(19)27(17-29(32)33)21-10-9-20-11-13-25(15-22(20)14-21)35-18-28(31)30-23-6-4-3-5-7-23/h8-16,23,27H,3-7,17-18H2,1-2H3,(H,30,31)(H,32,33). The third-order valence-electron chi connectivity index (χ3n) is 6.82. The molecule has 0 aromatic heterocycles. The number of carboxylic acid groups (broad SMARTS) is 1. The fraction of sp³-hybridized carbons (Fsp3) is 0.379. The Bertz CT molecular complexity index is 1200. The molecule has 1 aliphatic carbocycles. The minimum atomic E-state index is -0.863. The summed E-state index contributed by atoms with van der Waals surface area (Å²) in [6.07, 6.45) is 5.61. The lowest BCUT2D eigenvalue weighted by atomic mass is 9.85. The maximum Gasteiger partial charge on any atom is 0.304 e. The van der Waals surface area contributed by atoms with E-state index >= 15 is 0 Å². The number of rotatable bonds is 9. The minimum absolute atomic E-state index is 0.0215. The van der Waals surface area contributed by atoms with Gasteiger partial charge in [-0.25, -0.2) is 0 Å². The zero-order valence-corrected chi connectivity index (χ0v) is 20.4. The molecule has 1 fully saturated rings. The Morgan fingerprint density at radius 3 is 2.46 bits per heavy atom. The first-order valence-electron chi connectivity index (χ1n) is 12.2. The fourth-order valence-corrected chi connectivity index (χ4v) is 4.92. The lowest BCUT2D eigenvalue weighted by Crippen LogP contribution is -2.38. The summed E-state index contributed by atoms with van der Waals surface area (Å²) in [4.78, 5) is 24.1. The Morgan fingerprint density at radius 2 is 1.71 bits per heavy atom. The summed E-state index contributed by atoms with van der Waals surface area (Å²) in [6, 6.07) is 17.7. The van der Waals surface area contributed by atoms with Crippen LogP contribution < -0.4 is 14.8 Å². The van der Waals surface area contributed by atoms with E-state index in [0.29, 0.717) is 11.5 Å². The summed E-state index contributed by atoms with van der Waals surface area (Å²) in [5.41, 5.74) is 2.85. The Morgan fingerprint density at radius 1 is 0.971 bits per heavy atom. The molecule has 2 N–H and O–H groups in total. The van der Waals surface area contributed by atoms with Crippen molar-refractivity contribution >= 4 is 22.6 Å². The highest BCUT2D eigenvalue weighted by Gasteiger charge is 2.21. The maximum absolute atomic E-state index is 12.3. The second-order valence-electron chi connectivity index (χ2n) is 9.33. The molecule has 0 heterocycles. The third kappa shape index (κ3) is 6.32. The Hall–Kier alpha value is -3.54. The van der Waals surface area contributed by atoms with Crippen molar-refractivity contribution in [3.05, 3.63) is 71.3 Å². The summed E-state index contributed by atoms with van der Waals surface area (Å²) < 4.78 is 11.2.